The van der Waals surface area contributed by atoms with Crippen LogP contribution in [0.25, 0.3) is 0 Å². The quantitative estimate of drug-likeness (QED) is 0.309. The summed E-state index contributed by atoms with van der Waals surface area (Å²) in [5.74, 6) is -0.870. The van der Waals surface area contributed by atoms with Crippen LogP contribution in [0.1, 0.15) is 63.5 Å². The standard InChI is InChI=1S/C20H30N2O5/c1-4-14-7-5-8-15(13(2)3)19(14)27-18(25)9-6-12-22-20(26)16(21)10-11-17(23)24/h5,7-8,13,16H,4,6,9-12,21H2,1-3H3,(H,22,26)(H,23,24)/t16-/m0/s1. The number of para-hydroxylation sites is 1. The second-order valence-electron chi connectivity index (χ2n) is 6.75. The zero-order valence-corrected chi connectivity index (χ0v) is 16.3. The summed E-state index contributed by atoms with van der Waals surface area (Å²) in [6, 6.07) is 5.02. The van der Waals surface area contributed by atoms with E-state index >= 15 is 0 Å². The Kier molecular flexibility index (Phi) is 9.50. The first-order chi connectivity index (χ1) is 12.8. The molecule has 0 saturated carbocycles. The highest BCUT2D eigenvalue weighted by atomic mass is 16.5. The number of benzene rings is 1. The molecule has 0 aromatic heterocycles. The number of carboxylic acid groups (broad SMARTS) is 1. The molecule has 4 N–H and O–H groups in total. The van der Waals surface area contributed by atoms with Gasteiger partial charge < -0.3 is 20.9 Å². The van der Waals surface area contributed by atoms with Crippen LogP contribution in [-0.4, -0.2) is 35.5 Å². The molecule has 1 aromatic carbocycles. The minimum Gasteiger partial charge on any atom is -0.481 e. The summed E-state index contributed by atoms with van der Waals surface area (Å²) in [7, 11) is 0. The van der Waals surface area contributed by atoms with Gasteiger partial charge in [-0.05, 0) is 36.3 Å². The molecule has 0 aliphatic rings. The summed E-state index contributed by atoms with van der Waals surface area (Å²) < 4.78 is 5.61. The molecule has 1 amide bonds. The van der Waals surface area contributed by atoms with Gasteiger partial charge in [0.1, 0.15) is 5.75 Å². The molecular weight excluding hydrogens is 348 g/mol. The van der Waals surface area contributed by atoms with Gasteiger partial charge in [-0.1, -0.05) is 39.0 Å². The normalized spacial score (nSPS) is 11.9. The number of esters is 1. The number of amides is 1. The van der Waals surface area contributed by atoms with Crippen molar-refractivity contribution in [2.45, 2.75) is 64.8 Å². The number of carbonyl (C=O) groups excluding carboxylic acids is 2. The minimum atomic E-state index is -0.992. The molecule has 0 radical (unpaired) electrons. The third kappa shape index (κ3) is 7.78. The zero-order chi connectivity index (χ0) is 20.4. The largest absolute Gasteiger partial charge is 0.481 e. The van der Waals surface area contributed by atoms with Gasteiger partial charge in [0, 0.05) is 19.4 Å². The third-order valence-electron chi connectivity index (χ3n) is 4.21. The fourth-order valence-electron chi connectivity index (χ4n) is 2.61. The molecular formula is C20H30N2O5. The van der Waals surface area contributed by atoms with Gasteiger partial charge in [0.05, 0.1) is 6.04 Å². The average molecular weight is 378 g/mol. The summed E-state index contributed by atoms with van der Waals surface area (Å²) in [6.07, 6.45) is 1.28. The smallest absolute Gasteiger partial charge is 0.311 e. The highest BCUT2D eigenvalue weighted by Gasteiger charge is 2.16. The fourth-order valence-corrected chi connectivity index (χ4v) is 2.61. The van der Waals surface area contributed by atoms with E-state index in [1.807, 2.05) is 25.1 Å². The van der Waals surface area contributed by atoms with Crippen molar-refractivity contribution in [3.63, 3.8) is 0 Å². The molecule has 0 fully saturated rings. The van der Waals surface area contributed by atoms with Gasteiger partial charge in [0.2, 0.25) is 5.91 Å². The van der Waals surface area contributed by atoms with E-state index in [2.05, 4.69) is 19.2 Å². The molecule has 150 valence electrons. The number of rotatable bonds is 11. The summed E-state index contributed by atoms with van der Waals surface area (Å²) in [5.41, 5.74) is 7.61. The minimum absolute atomic E-state index is 0.0784. The van der Waals surface area contributed by atoms with Gasteiger partial charge in [-0.25, -0.2) is 0 Å². The number of hydrogen-bond acceptors (Lipinski definition) is 5. The second kappa shape index (κ2) is 11.3. The molecule has 1 aromatic rings. The zero-order valence-electron chi connectivity index (χ0n) is 16.3. The van der Waals surface area contributed by atoms with Crippen molar-refractivity contribution in [3.8, 4) is 5.75 Å². The van der Waals surface area contributed by atoms with E-state index in [0.29, 0.717) is 12.2 Å². The van der Waals surface area contributed by atoms with E-state index < -0.39 is 17.9 Å². The molecule has 0 heterocycles. The van der Waals surface area contributed by atoms with Gasteiger partial charge >= 0.3 is 11.9 Å². The number of nitrogens with two attached hydrogens (primary N) is 1. The third-order valence-corrected chi connectivity index (χ3v) is 4.21. The topological polar surface area (TPSA) is 119 Å². The number of nitrogens with one attached hydrogen (secondary N) is 1. The number of carbonyl (C=O) groups is 3. The van der Waals surface area contributed by atoms with Crippen molar-refractivity contribution in [1.82, 2.24) is 5.32 Å². The van der Waals surface area contributed by atoms with Crippen molar-refractivity contribution >= 4 is 17.8 Å². The van der Waals surface area contributed by atoms with Gasteiger partial charge in [-0.2, -0.15) is 0 Å². The highest BCUT2D eigenvalue weighted by molar-refractivity contribution is 5.82. The number of hydrogen-bond donors (Lipinski definition) is 3. The summed E-state index contributed by atoms with van der Waals surface area (Å²) in [4.78, 5) is 34.4. The van der Waals surface area contributed by atoms with Crippen LogP contribution in [0.5, 0.6) is 5.75 Å². The Labute approximate surface area is 160 Å². The monoisotopic (exact) mass is 378 g/mol. The van der Waals surface area contributed by atoms with Gasteiger partial charge in [-0.15, -0.1) is 0 Å². The first-order valence-corrected chi connectivity index (χ1v) is 9.33. The first kappa shape index (κ1) is 22.6. The number of carboxylic acids is 1. The Morgan fingerprint density at radius 2 is 1.93 bits per heavy atom. The van der Waals surface area contributed by atoms with E-state index in [1.54, 1.807) is 0 Å². The molecule has 0 bridgehead atoms. The van der Waals surface area contributed by atoms with Crippen molar-refractivity contribution < 1.29 is 24.2 Å². The van der Waals surface area contributed by atoms with E-state index in [9.17, 15) is 14.4 Å². The molecule has 1 rings (SSSR count). The summed E-state index contributed by atoms with van der Waals surface area (Å²) in [5, 5.41) is 11.2. The van der Waals surface area contributed by atoms with Crippen molar-refractivity contribution in [2.24, 2.45) is 5.73 Å². The molecule has 0 aliphatic heterocycles. The van der Waals surface area contributed by atoms with E-state index in [-0.39, 0.29) is 37.7 Å². The number of ether oxygens (including phenoxy) is 1. The van der Waals surface area contributed by atoms with Gasteiger partial charge in [0.15, 0.2) is 0 Å². The first-order valence-electron chi connectivity index (χ1n) is 9.33. The molecule has 0 unspecified atom stereocenters. The Morgan fingerprint density at radius 1 is 1.22 bits per heavy atom. The van der Waals surface area contributed by atoms with Gasteiger partial charge in [0.25, 0.3) is 0 Å². The van der Waals surface area contributed by atoms with Crippen molar-refractivity contribution in [3.05, 3.63) is 29.3 Å². The van der Waals surface area contributed by atoms with Crippen molar-refractivity contribution in [1.29, 1.82) is 0 Å². The van der Waals surface area contributed by atoms with Crippen LogP contribution in [0, 0.1) is 0 Å². The molecule has 1 atom stereocenters. The van der Waals surface area contributed by atoms with Crippen LogP contribution < -0.4 is 15.8 Å². The number of aryl methyl sites for hydroxylation is 1. The Balaban J connectivity index is 2.46. The highest BCUT2D eigenvalue weighted by Crippen LogP contribution is 2.31. The fraction of sp³-hybridized carbons (Fsp3) is 0.550. The Morgan fingerprint density at radius 3 is 2.52 bits per heavy atom. The maximum atomic E-state index is 12.2. The molecule has 27 heavy (non-hydrogen) atoms. The summed E-state index contributed by atoms with van der Waals surface area (Å²) in [6.45, 7) is 6.39. The lowest BCUT2D eigenvalue weighted by Gasteiger charge is -2.16. The maximum Gasteiger partial charge on any atom is 0.311 e. The van der Waals surface area contributed by atoms with Crippen LogP contribution in [0.3, 0.4) is 0 Å². The average Bonchev–Trinajstić information content (AvgIpc) is 2.62. The van der Waals surface area contributed by atoms with Crippen LogP contribution >= 0.6 is 0 Å². The van der Waals surface area contributed by atoms with Crippen LogP contribution in [0.4, 0.5) is 0 Å². The van der Waals surface area contributed by atoms with Crippen molar-refractivity contribution in [2.75, 3.05) is 6.54 Å². The Bertz CT molecular complexity index is 658. The Hall–Kier alpha value is -2.41. The van der Waals surface area contributed by atoms with Gasteiger partial charge in [-0.3, -0.25) is 14.4 Å². The molecule has 7 heteroatoms. The van der Waals surface area contributed by atoms with Crippen LogP contribution in [-0.2, 0) is 20.8 Å². The summed E-state index contributed by atoms with van der Waals surface area (Å²) >= 11 is 0. The molecule has 0 aliphatic carbocycles. The lowest BCUT2D eigenvalue weighted by atomic mass is 9.98. The van der Waals surface area contributed by atoms with E-state index in [4.69, 9.17) is 15.6 Å². The predicted molar refractivity (Wildman–Crippen MR) is 103 cm³/mol. The van der Waals surface area contributed by atoms with Crippen LogP contribution in [0.15, 0.2) is 18.2 Å². The van der Waals surface area contributed by atoms with Crippen LogP contribution in [0.2, 0.25) is 0 Å². The second-order valence-corrected chi connectivity index (χ2v) is 6.75. The molecule has 0 spiro atoms. The molecule has 0 saturated heterocycles. The predicted octanol–water partition coefficient (Wildman–Crippen LogP) is 2.37. The van der Waals surface area contributed by atoms with E-state index in [0.717, 1.165) is 17.5 Å². The van der Waals surface area contributed by atoms with E-state index in [1.165, 1.54) is 0 Å². The SMILES string of the molecule is CCc1cccc(C(C)C)c1OC(=O)CCCNC(=O)[C@@H](N)CCC(=O)O. The molecule has 7 nitrogen and oxygen atoms in total. The number of aliphatic carboxylic acids is 1. The lowest BCUT2D eigenvalue weighted by Crippen LogP contribution is -2.41. The maximum absolute atomic E-state index is 12.2. The lowest BCUT2D eigenvalue weighted by molar-refractivity contribution is -0.137.